The van der Waals surface area contributed by atoms with Gasteiger partial charge in [0.05, 0.1) is 29.1 Å². The number of nitrogens with zero attached hydrogens (tertiary/aromatic N) is 4. The fourth-order valence-electron chi connectivity index (χ4n) is 10.4. The van der Waals surface area contributed by atoms with Gasteiger partial charge in [0, 0.05) is 39.4 Å². The fourth-order valence-corrected chi connectivity index (χ4v) is 10.4. The Morgan fingerprint density at radius 1 is 0.556 bits per heavy atom. The molecule has 1 aliphatic heterocycles. The maximum Gasteiger partial charge on any atom is 0.137 e. The summed E-state index contributed by atoms with van der Waals surface area (Å²) < 4.78 is 35.1. The molecule has 0 radical (unpaired) electrons. The van der Waals surface area contributed by atoms with Gasteiger partial charge >= 0.3 is 0 Å². The van der Waals surface area contributed by atoms with Crippen LogP contribution in [0.1, 0.15) is 79.9 Å². The van der Waals surface area contributed by atoms with Crippen LogP contribution in [0.4, 0.5) is 17.1 Å². The summed E-state index contributed by atoms with van der Waals surface area (Å²) in [5.74, 6) is 1.68. The first kappa shape index (κ1) is 42.9. The summed E-state index contributed by atoms with van der Waals surface area (Å²) in [7, 11) is 0. The number of pyridine rings is 1. The summed E-state index contributed by atoms with van der Waals surface area (Å²) in [4.78, 5) is 9.73. The van der Waals surface area contributed by atoms with Crippen molar-refractivity contribution in [2.24, 2.45) is 0 Å². The van der Waals surface area contributed by atoms with Crippen LogP contribution in [-0.4, -0.2) is 22.8 Å². The molecule has 0 fully saturated rings. The SMILES string of the molecule is [2H]C([2H])([2H])c1cccc(-c2cc(-c3ccccc3)cc(C(C)(C)C)c2)c1CCCN1CN(c2cccc(COc3ccc4c5ccccc5n(-c5cc(C(C)(C)C)ccn5)c4c3)c2)c2cc(-c3ccccc3)ccc21. The molecule has 5 heteroatoms. The lowest BCUT2D eigenvalue weighted by Crippen LogP contribution is -2.29. The van der Waals surface area contributed by atoms with Gasteiger partial charge in [0.15, 0.2) is 0 Å². The number of aromatic nitrogens is 2. The first-order chi connectivity index (χ1) is 36.1. The number of benzene rings is 8. The van der Waals surface area contributed by atoms with Crippen molar-refractivity contribution in [1.82, 2.24) is 9.55 Å². The second kappa shape index (κ2) is 19.0. The van der Waals surface area contributed by atoms with Crippen molar-refractivity contribution in [3.63, 3.8) is 0 Å². The summed E-state index contributed by atoms with van der Waals surface area (Å²) >= 11 is 0. The number of rotatable bonds is 12. The Labute approximate surface area is 430 Å². The van der Waals surface area contributed by atoms with Crippen molar-refractivity contribution in [1.29, 1.82) is 0 Å². The Kier molecular flexibility index (Phi) is 11.3. The van der Waals surface area contributed by atoms with E-state index in [9.17, 15) is 0 Å². The lowest BCUT2D eigenvalue weighted by Gasteiger charge is -2.24. The smallest absolute Gasteiger partial charge is 0.137 e. The van der Waals surface area contributed by atoms with E-state index in [1.807, 2.05) is 18.3 Å². The molecule has 2 aromatic heterocycles. The Morgan fingerprint density at radius 2 is 1.28 bits per heavy atom. The van der Waals surface area contributed by atoms with Crippen LogP contribution in [0.5, 0.6) is 5.75 Å². The molecule has 0 amide bonds. The molecule has 10 aromatic rings. The van der Waals surface area contributed by atoms with Crippen molar-refractivity contribution in [2.75, 3.05) is 23.0 Å². The van der Waals surface area contributed by atoms with Gasteiger partial charge in [-0.2, -0.15) is 0 Å². The van der Waals surface area contributed by atoms with Gasteiger partial charge in [-0.3, -0.25) is 4.57 Å². The summed E-state index contributed by atoms with van der Waals surface area (Å²) in [5.41, 5.74) is 16.8. The van der Waals surface area contributed by atoms with Crippen molar-refractivity contribution in [3.05, 3.63) is 228 Å². The predicted octanol–water partition coefficient (Wildman–Crippen LogP) is 17.2. The Bertz CT molecular complexity index is 3700. The average molecular weight is 944 g/mol. The maximum absolute atomic E-state index is 8.72. The molecule has 0 bridgehead atoms. The first-order valence-corrected chi connectivity index (χ1v) is 25.3. The summed E-state index contributed by atoms with van der Waals surface area (Å²) in [6.07, 6.45) is 3.28. The third kappa shape index (κ3) is 9.28. The highest BCUT2D eigenvalue weighted by Crippen LogP contribution is 2.44. The van der Waals surface area contributed by atoms with Crippen LogP contribution < -0.4 is 14.5 Å². The monoisotopic (exact) mass is 944 g/mol. The zero-order chi connectivity index (χ0) is 52.1. The van der Waals surface area contributed by atoms with Crippen molar-refractivity contribution < 1.29 is 8.85 Å². The molecule has 8 aromatic carbocycles. The van der Waals surface area contributed by atoms with Crippen molar-refractivity contribution >= 4 is 38.9 Å². The van der Waals surface area contributed by atoms with E-state index < -0.39 is 6.85 Å². The van der Waals surface area contributed by atoms with Crippen LogP contribution in [0, 0.1) is 6.85 Å². The molecule has 0 unspecified atom stereocenters. The van der Waals surface area contributed by atoms with E-state index in [1.54, 1.807) is 6.07 Å². The van der Waals surface area contributed by atoms with Crippen LogP contribution in [0.2, 0.25) is 0 Å². The van der Waals surface area contributed by atoms with Gasteiger partial charge in [0.25, 0.3) is 0 Å². The van der Waals surface area contributed by atoms with E-state index in [2.05, 4.69) is 232 Å². The van der Waals surface area contributed by atoms with Crippen LogP contribution in [0.15, 0.2) is 200 Å². The molecule has 0 atom stereocenters. The van der Waals surface area contributed by atoms with Gasteiger partial charge in [-0.05, 0) is 152 Å². The third-order valence-corrected chi connectivity index (χ3v) is 14.4. The predicted molar refractivity (Wildman–Crippen MR) is 303 cm³/mol. The summed E-state index contributed by atoms with van der Waals surface area (Å²) in [6, 6.07) is 68.3. The molecule has 1 aliphatic rings. The minimum Gasteiger partial charge on any atom is -0.489 e. The fraction of sp³-hybridized carbons (Fsp3) is 0.209. The number of aryl methyl sites for hydroxylation is 1. The van der Waals surface area contributed by atoms with Crippen LogP contribution in [0.3, 0.4) is 0 Å². The Balaban J connectivity index is 0.886. The molecule has 0 saturated carbocycles. The normalized spacial score (nSPS) is 13.6. The highest BCUT2D eigenvalue weighted by atomic mass is 16.5. The van der Waals surface area contributed by atoms with E-state index >= 15 is 0 Å². The van der Waals surface area contributed by atoms with E-state index in [1.165, 1.54) is 16.5 Å². The molecule has 0 N–H and O–H groups in total. The average Bonchev–Trinajstić information content (AvgIpc) is 3.95. The number of anilines is 3. The number of para-hydroxylation sites is 1. The van der Waals surface area contributed by atoms with Gasteiger partial charge in [-0.25, -0.2) is 4.98 Å². The molecular formula is C67H64N4O. The molecule has 358 valence electrons. The molecule has 5 nitrogen and oxygen atoms in total. The van der Waals surface area contributed by atoms with Gasteiger partial charge in [-0.1, -0.05) is 169 Å². The second-order valence-corrected chi connectivity index (χ2v) is 21.4. The molecule has 0 spiro atoms. The largest absolute Gasteiger partial charge is 0.489 e. The molecule has 0 saturated heterocycles. The number of hydrogen-bond acceptors (Lipinski definition) is 4. The standard InChI is InChI=1S/C67H64N4O/c1-46-19-16-27-58(52-38-51(49-23-12-9-13-24-49)39-54(40-52)67(5,6)7)57(46)28-18-36-69-45-70(64-41-50(30-33-62(64)69)48-21-10-8-11-22-48)55-25-17-20-47(37-55)44-72-56-31-32-60-59-26-14-15-29-61(59)71(63(60)43-56)65-42-53(34-35-68-65)66(2,3)4/h8-17,19-27,29-35,37-43H,18,28,36,44-45H2,1-7H3/i1D3. The van der Waals surface area contributed by atoms with E-state index in [0.717, 1.165) is 103 Å². The van der Waals surface area contributed by atoms with Gasteiger partial charge in [-0.15, -0.1) is 0 Å². The maximum atomic E-state index is 8.72. The molecular weight excluding hydrogens is 877 g/mol. The molecule has 0 aliphatic carbocycles. The summed E-state index contributed by atoms with van der Waals surface area (Å²) in [6.45, 7) is 12.9. The lowest BCUT2D eigenvalue weighted by atomic mass is 9.82. The highest BCUT2D eigenvalue weighted by Gasteiger charge is 2.28. The van der Waals surface area contributed by atoms with Gasteiger partial charge < -0.3 is 14.5 Å². The van der Waals surface area contributed by atoms with E-state index in [0.29, 0.717) is 25.3 Å². The van der Waals surface area contributed by atoms with Gasteiger partial charge in [0.1, 0.15) is 18.2 Å². The van der Waals surface area contributed by atoms with Crippen molar-refractivity contribution in [2.45, 2.75) is 78.7 Å². The van der Waals surface area contributed by atoms with Crippen LogP contribution in [-0.2, 0) is 23.9 Å². The number of hydrogen-bond donors (Lipinski definition) is 0. The first-order valence-electron chi connectivity index (χ1n) is 26.8. The summed E-state index contributed by atoms with van der Waals surface area (Å²) in [5, 5.41) is 2.33. The topological polar surface area (TPSA) is 33.5 Å². The Hall–Kier alpha value is -7.89. The van der Waals surface area contributed by atoms with Crippen molar-refractivity contribution in [3.8, 4) is 44.9 Å². The number of ether oxygens (including phenoxy) is 1. The minimum atomic E-state index is -2.27. The van der Waals surface area contributed by atoms with Crippen LogP contribution >= 0.6 is 0 Å². The number of fused-ring (bicyclic) bond motifs is 4. The quantitative estimate of drug-likeness (QED) is 0.122. The third-order valence-electron chi connectivity index (χ3n) is 14.4. The zero-order valence-corrected chi connectivity index (χ0v) is 42.3. The highest BCUT2D eigenvalue weighted by molar-refractivity contribution is 6.09. The second-order valence-electron chi connectivity index (χ2n) is 21.4. The lowest BCUT2D eigenvalue weighted by molar-refractivity contribution is 0.306. The minimum absolute atomic E-state index is 0.0202. The van der Waals surface area contributed by atoms with Crippen LogP contribution in [0.25, 0.3) is 61.0 Å². The Morgan fingerprint density at radius 3 is 2.06 bits per heavy atom. The van der Waals surface area contributed by atoms with Gasteiger partial charge in [0.2, 0.25) is 0 Å². The van der Waals surface area contributed by atoms with E-state index in [-0.39, 0.29) is 10.8 Å². The zero-order valence-electron chi connectivity index (χ0n) is 45.3. The molecule has 3 heterocycles. The molecule has 72 heavy (non-hydrogen) atoms. The van der Waals surface area contributed by atoms with E-state index in [4.69, 9.17) is 13.8 Å². The molecule has 11 rings (SSSR count).